The Bertz CT molecular complexity index is 509. The number of rotatable bonds is 6. The molecule has 19 heavy (non-hydrogen) atoms. The van der Waals surface area contributed by atoms with E-state index < -0.39 is 0 Å². The van der Waals surface area contributed by atoms with Gasteiger partial charge >= 0.3 is 0 Å². The van der Waals surface area contributed by atoms with Crippen molar-refractivity contribution in [1.29, 1.82) is 0 Å². The fourth-order valence-corrected chi connectivity index (χ4v) is 2.02. The predicted molar refractivity (Wildman–Crippen MR) is 75.8 cm³/mol. The van der Waals surface area contributed by atoms with E-state index in [9.17, 15) is 0 Å². The average Bonchev–Trinajstić information content (AvgIpc) is 2.97. The highest BCUT2D eigenvalue weighted by molar-refractivity contribution is 5.03. The molecule has 104 valence electrons. The van der Waals surface area contributed by atoms with Crippen LogP contribution in [0.5, 0.6) is 0 Å². The van der Waals surface area contributed by atoms with Gasteiger partial charge in [0.1, 0.15) is 0 Å². The molecule has 5 heteroatoms. The van der Waals surface area contributed by atoms with Gasteiger partial charge in [0.2, 0.25) is 0 Å². The van der Waals surface area contributed by atoms with Crippen molar-refractivity contribution in [3.05, 3.63) is 35.9 Å². The summed E-state index contributed by atoms with van der Waals surface area (Å²) >= 11 is 0. The van der Waals surface area contributed by atoms with E-state index >= 15 is 0 Å². The monoisotopic (exact) mass is 261 g/mol. The van der Waals surface area contributed by atoms with Crippen LogP contribution in [0.2, 0.25) is 0 Å². The molecule has 0 saturated heterocycles. The number of nitrogens with zero attached hydrogens (tertiary/aromatic N) is 4. The normalized spacial score (nSPS) is 11.7. The molecule has 0 unspecified atom stereocenters. The lowest BCUT2D eigenvalue weighted by molar-refractivity contribution is 0.491. The molecule has 2 heterocycles. The summed E-state index contributed by atoms with van der Waals surface area (Å²) in [6.07, 6.45) is 3.88. The third-order valence-corrected chi connectivity index (χ3v) is 3.05. The van der Waals surface area contributed by atoms with Crippen LogP contribution in [-0.4, -0.2) is 19.6 Å². The second-order valence-corrected chi connectivity index (χ2v) is 5.35. The van der Waals surface area contributed by atoms with Crippen molar-refractivity contribution in [1.82, 2.24) is 24.9 Å². The highest BCUT2D eigenvalue weighted by Gasteiger charge is 2.06. The zero-order valence-corrected chi connectivity index (χ0v) is 12.2. The number of aromatic nitrogens is 4. The molecular formula is C14H23N5. The van der Waals surface area contributed by atoms with Crippen molar-refractivity contribution in [2.24, 2.45) is 0 Å². The maximum atomic E-state index is 4.52. The van der Waals surface area contributed by atoms with Crippen LogP contribution in [0.3, 0.4) is 0 Å². The summed E-state index contributed by atoms with van der Waals surface area (Å²) in [5.41, 5.74) is 2.28. The van der Waals surface area contributed by atoms with Gasteiger partial charge in [0, 0.05) is 37.6 Å². The molecule has 0 aromatic carbocycles. The van der Waals surface area contributed by atoms with Crippen molar-refractivity contribution in [3.63, 3.8) is 0 Å². The Morgan fingerprint density at radius 3 is 2.53 bits per heavy atom. The lowest BCUT2D eigenvalue weighted by Gasteiger charge is -2.11. The molecule has 2 rings (SSSR count). The van der Waals surface area contributed by atoms with Crippen molar-refractivity contribution >= 4 is 0 Å². The third-order valence-electron chi connectivity index (χ3n) is 3.05. The average molecular weight is 261 g/mol. The molecule has 0 aliphatic carbocycles. The molecule has 2 aromatic rings. The van der Waals surface area contributed by atoms with Gasteiger partial charge in [-0.25, -0.2) is 0 Å². The lowest BCUT2D eigenvalue weighted by atomic mass is 10.3. The summed E-state index contributed by atoms with van der Waals surface area (Å²) in [4.78, 5) is 0. The standard InChI is InChI=1S/C14H23N5/c1-11(2)18-8-6-13(17-18)9-15-10-14-5-7-16-19(14)12(3)4/h5-8,11-12,15H,9-10H2,1-4H3. The van der Waals surface area contributed by atoms with Crippen LogP contribution in [0.15, 0.2) is 24.5 Å². The Balaban J connectivity index is 1.87. The summed E-state index contributed by atoms with van der Waals surface area (Å²) in [7, 11) is 0. The molecule has 0 radical (unpaired) electrons. The molecule has 2 aromatic heterocycles. The molecule has 5 nitrogen and oxygen atoms in total. The molecule has 0 saturated carbocycles. The quantitative estimate of drug-likeness (QED) is 0.869. The SMILES string of the molecule is CC(C)n1ccc(CNCc2ccnn2C(C)C)n1. The van der Waals surface area contributed by atoms with E-state index in [1.165, 1.54) is 5.69 Å². The molecule has 0 fully saturated rings. The van der Waals surface area contributed by atoms with Crippen LogP contribution >= 0.6 is 0 Å². The van der Waals surface area contributed by atoms with Crippen molar-refractivity contribution in [2.75, 3.05) is 0 Å². The van der Waals surface area contributed by atoms with Gasteiger partial charge in [-0.3, -0.25) is 9.36 Å². The van der Waals surface area contributed by atoms with Gasteiger partial charge in [-0.1, -0.05) is 0 Å². The van der Waals surface area contributed by atoms with E-state index in [0.29, 0.717) is 12.1 Å². The van der Waals surface area contributed by atoms with Crippen LogP contribution in [0.4, 0.5) is 0 Å². The van der Waals surface area contributed by atoms with Gasteiger partial charge in [0.05, 0.1) is 11.4 Å². The molecule has 0 aliphatic heterocycles. The molecule has 1 N–H and O–H groups in total. The van der Waals surface area contributed by atoms with Crippen molar-refractivity contribution < 1.29 is 0 Å². The minimum atomic E-state index is 0.395. The maximum absolute atomic E-state index is 4.52. The largest absolute Gasteiger partial charge is 0.305 e. The first kappa shape index (κ1) is 13.8. The summed E-state index contributed by atoms with van der Waals surface area (Å²) in [6, 6.07) is 4.93. The van der Waals surface area contributed by atoms with Crippen LogP contribution < -0.4 is 5.32 Å². The van der Waals surface area contributed by atoms with Crippen LogP contribution in [0.25, 0.3) is 0 Å². The summed E-state index contributed by atoms with van der Waals surface area (Å²) in [5.74, 6) is 0. The Kier molecular flexibility index (Phi) is 4.37. The van der Waals surface area contributed by atoms with Gasteiger partial charge in [0.15, 0.2) is 0 Å². The van der Waals surface area contributed by atoms with Gasteiger partial charge < -0.3 is 5.32 Å². The Morgan fingerprint density at radius 2 is 1.89 bits per heavy atom. The van der Waals surface area contributed by atoms with Crippen LogP contribution in [0, 0.1) is 0 Å². The second kappa shape index (κ2) is 6.02. The third kappa shape index (κ3) is 3.44. The smallest absolute Gasteiger partial charge is 0.0762 e. The van der Waals surface area contributed by atoms with Gasteiger partial charge in [-0.2, -0.15) is 10.2 Å². The van der Waals surface area contributed by atoms with E-state index in [4.69, 9.17) is 0 Å². The highest BCUT2D eigenvalue weighted by atomic mass is 15.3. The van der Waals surface area contributed by atoms with Crippen LogP contribution in [0.1, 0.15) is 51.2 Å². The molecular weight excluding hydrogens is 238 g/mol. The van der Waals surface area contributed by atoms with E-state index in [1.807, 2.05) is 21.8 Å². The van der Waals surface area contributed by atoms with E-state index in [2.05, 4.69) is 55.3 Å². The Labute approximate surface area is 114 Å². The van der Waals surface area contributed by atoms with Crippen molar-refractivity contribution in [3.8, 4) is 0 Å². The molecule has 0 aliphatic rings. The van der Waals surface area contributed by atoms with Gasteiger partial charge in [-0.15, -0.1) is 0 Å². The first-order chi connectivity index (χ1) is 9.08. The van der Waals surface area contributed by atoms with Crippen molar-refractivity contribution in [2.45, 2.75) is 52.9 Å². The Morgan fingerprint density at radius 1 is 1.11 bits per heavy atom. The summed E-state index contributed by atoms with van der Waals surface area (Å²) < 4.78 is 4.02. The highest BCUT2D eigenvalue weighted by Crippen LogP contribution is 2.08. The minimum absolute atomic E-state index is 0.395. The first-order valence-electron chi connectivity index (χ1n) is 6.85. The zero-order valence-electron chi connectivity index (χ0n) is 12.2. The number of hydrogen-bond acceptors (Lipinski definition) is 3. The minimum Gasteiger partial charge on any atom is -0.305 e. The first-order valence-corrected chi connectivity index (χ1v) is 6.85. The molecule has 0 amide bonds. The van der Waals surface area contributed by atoms with E-state index in [1.54, 1.807) is 0 Å². The topological polar surface area (TPSA) is 47.7 Å². The second-order valence-electron chi connectivity index (χ2n) is 5.35. The number of hydrogen-bond donors (Lipinski definition) is 1. The lowest BCUT2D eigenvalue weighted by Crippen LogP contribution is -2.18. The Hall–Kier alpha value is -1.62. The molecule has 0 spiro atoms. The summed E-state index contributed by atoms with van der Waals surface area (Å²) in [6.45, 7) is 10.1. The van der Waals surface area contributed by atoms with E-state index in [0.717, 1.165) is 18.8 Å². The van der Waals surface area contributed by atoms with E-state index in [-0.39, 0.29) is 0 Å². The van der Waals surface area contributed by atoms with Gasteiger partial charge in [-0.05, 0) is 39.8 Å². The van der Waals surface area contributed by atoms with Crippen LogP contribution in [-0.2, 0) is 13.1 Å². The molecule has 0 bridgehead atoms. The number of nitrogens with one attached hydrogen (secondary N) is 1. The predicted octanol–water partition coefficient (Wildman–Crippen LogP) is 2.53. The molecule has 0 atom stereocenters. The summed E-state index contributed by atoms with van der Waals surface area (Å²) in [5, 5.41) is 12.3. The van der Waals surface area contributed by atoms with Gasteiger partial charge in [0.25, 0.3) is 0 Å². The fourth-order valence-electron chi connectivity index (χ4n) is 2.02. The maximum Gasteiger partial charge on any atom is 0.0762 e. The fraction of sp³-hybridized carbons (Fsp3) is 0.571. The zero-order chi connectivity index (χ0) is 13.8.